The number of aldehydes is 1. The topological polar surface area (TPSA) is 29.5 Å². The Morgan fingerprint density at radius 1 is 1.47 bits per heavy atom. The fourth-order valence-corrected chi connectivity index (χ4v) is 2.83. The van der Waals surface area contributed by atoms with Gasteiger partial charge in [0.15, 0.2) is 0 Å². The van der Waals surface area contributed by atoms with Crippen molar-refractivity contribution >= 4 is 18.0 Å². The van der Waals surface area contributed by atoms with Crippen LogP contribution in [0.1, 0.15) is 26.2 Å². The van der Waals surface area contributed by atoms with Crippen molar-refractivity contribution in [2.75, 3.05) is 38.8 Å². The molecule has 100 valence electrons. The van der Waals surface area contributed by atoms with Crippen LogP contribution in [0, 0.1) is 5.41 Å². The van der Waals surface area contributed by atoms with Gasteiger partial charge in [0.05, 0.1) is 0 Å². The lowest BCUT2D eigenvalue weighted by atomic mass is 9.81. The van der Waals surface area contributed by atoms with Gasteiger partial charge in [-0.1, -0.05) is 0 Å². The molecule has 1 aliphatic heterocycles. The van der Waals surface area contributed by atoms with Gasteiger partial charge in [-0.3, -0.25) is 0 Å². The van der Waals surface area contributed by atoms with Crippen molar-refractivity contribution in [2.45, 2.75) is 32.2 Å². The lowest BCUT2D eigenvalue weighted by molar-refractivity contribution is -0.123. The SMILES string of the molecule is CSCCC(C)N(C)CC1(C=O)CCOCC1. The number of nitrogens with zero attached hydrogens (tertiary/aromatic N) is 1. The first-order valence-electron chi connectivity index (χ1n) is 6.37. The molecular formula is C13H25NO2S. The van der Waals surface area contributed by atoms with Crippen LogP contribution >= 0.6 is 11.8 Å². The maximum Gasteiger partial charge on any atom is 0.127 e. The molecule has 1 heterocycles. The number of thioether (sulfide) groups is 1. The third-order valence-corrected chi connectivity index (χ3v) is 4.44. The summed E-state index contributed by atoms with van der Waals surface area (Å²) >= 11 is 1.88. The molecule has 0 spiro atoms. The standard InChI is InChI=1S/C13H25NO2S/c1-12(4-9-17-3)14(2)10-13(11-15)5-7-16-8-6-13/h11-12H,4-10H2,1-3H3. The zero-order valence-corrected chi connectivity index (χ0v) is 12.1. The molecule has 0 aromatic heterocycles. The van der Waals surface area contributed by atoms with Gasteiger partial charge in [-0.2, -0.15) is 11.8 Å². The molecule has 0 saturated carbocycles. The van der Waals surface area contributed by atoms with E-state index in [1.54, 1.807) is 0 Å². The normalized spacial score (nSPS) is 21.4. The molecule has 17 heavy (non-hydrogen) atoms. The largest absolute Gasteiger partial charge is 0.381 e. The molecule has 0 amide bonds. The minimum absolute atomic E-state index is 0.166. The molecule has 1 rings (SSSR count). The smallest absolute Gasteiger partial charge is 0.127 e. The fraction of sp³-hybridized carbons (Fsp3) is 0.923. The molecule has 0 bridgehead atoms. The Kier molecular flexibility index (Phi) is 6.52. The van der Waals surface area contributed by atoms with Crippen molar-refractivity contribution in [3.05, 3.63) is 0 Å². The lowest BCUT2D eigenvalue weighted by Gasteiger charge is -2.37. The number of carbonyl (C=O) groups excluding carboxylic acids is 1. The Labute approximate surface area is 109 Å². The van der Waals surface area contributed by atoms with Gasteiger partial charge < -0.3 is 14.4 Å². The first-order chi connectivity index (χ1) is 8.13. The first-order valence-corrected chi connectivity index (χ1v) is 7.76. The van der Waals surface area contributed by atoms with E-state index in [0.717, 1.165) is 38.9 Å². The second-order valence-electron chi connectivity index (χ2n) is 5.14. The summed E-state index contributed by atoms with van der Waals surface area (Å²) in [4.78, 5) is 13.7. The van der Waals surface area contributed by atoms with Crippen molar-refractivity contribution in [1.29, 1.82) is 0 Å². The van der Waals surface area contributed by atoms with Crippen molar-refractivity contribution in [2.24, 2.45) is 5.41 Å². The van der Waals surface area contributed by atoms with Gasteiger partial charge in [0, 0.05) is 31.2 Å². The van der Waals surface area contributed by atoms with Gasteiger partial charge in [0.25, 0.3) is 0 Å². The van der Waals surface area contributed by atoms with Crippen LogP contribution in [0.3, 0.4) is 0 Å². The number of hydrogen-bond donors (Lipinski definition) is 0. The molecule has 0 N–H and O–H groups in total. The summed E-state index contributed by atoms with van der Waals surface area (Å²) in [6.45, 7) is 4.57. The van der Waals surface area contributed by atoms with E-state index in [9.17, 15) is 4.79 Å². The summed E-state index contributed by atoms with van der Waals surface area (Å²) in [5.41, 5.74) is -0.166. The highest BCUT2D eigenvalue weighted by Crippen LogP contribution is 2.29. The van der Waals surface area contributed by atoms with Gasteiger partial charge in [0.1, 0.15) is 6.29 Å². The van der Waals surface area contributed by atoms with Crippen LogP contribution in [-0.2, 0) is 9.53 Å². The highest BCUT2D eigenvalue weighted by atomic mass is 32.2. The van der Waals surface area contributed by atoms with E-state index in [-0.39, 0.29) is 5.41 Å². The lowest BCUT2D eigenvalue weighted by Crippen LogP contribution is -2.44. The summed E-state index contributed by atoms with van der Waals surface area (Å²) < 4.78 is 5.35. The Hall–Kier alpha value is -0.0600. The number of ether oxygens (including phenoxy) is 1. The molecule has 1 aliphatic rings. The average Bonchev–Trinajstić information content (AvgIpc) is 2.36. The predicted octanol–water partition coefficient (Wildman–Crippen LogP) is 2.06. The molecule has 4 heteroatoms. The predicted molar refractivity (Wildman–Crippen MR) is 73.6 cm³/mol. The van der Waals surface area contributed by atoms with Gasteiger partial charge in [-0.25, -0.2) is 0 Å². The van der Waals surface area contributed by atoms with E-state index in [0.29, 0.717) is 6.04 Å². The van der Waals surface area contributed by atoms with Crippen LogP contribution in [-0.4, -0.2) is 56.0 Å². The van der Waals surface area contributed by atoms with Crippen LogP contribution in [0.25, 0.3) is 0 Å². The number of rotatable bonds is 7. The second-order valence-corrected chi connectivity index (χ2v) is 6.12. The second kappa shape index (κ2) is 7.39. The summed E-state index contributed by atoms with van der Waals surface area (Å²) in [7, 11) is 2.13. The fourth-order valence-electron chi connectivity index (χ4n) is 2.25. The Bertz CT molecular complexity index is 229. The van der Waals surface area contributed by atoms with Crippen LogP contribution in [0.2, 0.25) is 0 Å². The third kappa shape index (κ3) is 4.60. The van der Waals surface area contributed by atoms with E-state index in [4.69, 9.17) is 4.74 Å². The molecule has 0 aromatic rings. The Balaban J connectivity index is 2.46. The van der Waals surface area contributed by atoms with Crippen molar-refractivity contribution in [3.8, 4) is 0 Å². The van der Waals surface area contributed by atoms with Crippen LogP contribution in [0.4, 0.5) is 0 Å². The van der Waals surface area contributed by atoms with Gasteiger partial charge in [-0.15, -0.1) is 0 Å². The highest BCUT2D eigenvalue weighted by Gasteiger charge is 2.34. The zero-order valence-electron chi connectivity index (χ0n) is 11.3. The van der Waals surface area contributed by atoms with Crippen molar-refractivity contribution < 1.29 is 9.53 Å². The summed E-state index contributed by atoms with van der Waals surface area (Å²) in [6, 6.07) is 0.544. The maximum atomic E-state index is 11.4. The average molecular weight is 259 g/mol. The van der Waals surface area contributed by atoms with Gasteiger partial charge in [0.2, 0.25) is 0 Å². The molecule has 1 atom stereocenters. The summed E-state index contributed by atoms with van der Waals surface area (Å²) in [6.07, 6.45) is 6.22. The summed E-state index contributed by atoms with van der Waals surface area (Å²) in [5, 5.41) is 0. The minimum Gasteiger partial charge on any atom is -0.381 e. The zero-order chi connectivity index (χ0) is 12.7. The van der Waals surface area contributed by atoms with Crippen LogP contribution < -0.4 is 0 Å². The maximum absolute atomic E-state index is 11.4. The Morgan fingerprint density at radius 2 is 2.12 bits per heavy atom. The molecule has 3 nitrogen and oxygen atoms in total. The summed E-state index contributed by atoms with van der Waals surface area (Å²) in [5.74, 6) is 1.18. The molecule has 1 fully saturated rings. The molecule has 0 aromatic carbocycles. The van der Waals surface area contributed by atoms with E-state index in [1.165, 1.54) is 12.2 Å². The van der Waals surface area contributed by atoms with Crippen LogP contribution in [0.15, 0.2) is 0 Å². The van der Waals surface area contributed by atoms with E-state index in [2.05, 4.69) is 25.1 Å². The molecule has 0 aliphatic carbocycles. The Morgan fingerprint density at radius 3 is 2.65 bits per heavy atom. The molecule has 1 unspecified atom stereocenters. The van der Waals surface area contributed by atoms with Gasteiger partial charge >= 0.3 is 0 Å². The molecule has 0 radical (unpaired) electrons. The minimum atomic E-state index is -0.166. The van der Waals surface area contributed by atoms with Crippen LogP contribution in [0.5, 0.6) is 0 Å². The quantitative estimate of drug-likeness (QED) is 0.655. The number of carbonyl (C=O) groups is 1. The highest BCUT2D eigenvalue weighted by molar-refractivity contribution is 7.98. The van der Waals surface area contributed by atoms with E-state index < -0.39 is 0 Å². The third-order valence-electron chi connectivity index (χ3n) is 3.80. The van der Waals surface area contributed by atoms with Crippen molar-refractivity contribution in [3.63, 3.8) is 0 Å². The van der Waals surface area contributed by atoms with E-state index in [1.807, 2.05) is 11.8 Å². The molecular weight excluding hydrogens is 234 g/mol. The van der Waals surface area contributed by atoms with Crippen molar-refractivity contribution in [1.82, 2.24) is 4.90 Å². The first kappa shape index (κ1) is 15.0. The van der Waals surface area contributed by atoms with Gasteiger partial charge in [-0.05, 0) is 45.2 Å². The molecule has 1 saturated heterocycles. The van der Waals surface area contributed by atoms with E-state index >= 15 is 0 Å². The number of hydrogen-bond acceptors (Lipinski definition) is 4. The monoisotopic (exact) mass is 259 g/mol.